The zero-order chi connectivity index (χ0) is 44.2. The quantitative estimate of drug-likeness (QED) is 0.162. The van der Waals surface area contributed by atoms with E-state index in [-0.39, 0.29) is 37.6 Å². The summed E-state index contributed by atoms with van der Waals surface area (Å²) in [6.07, 6.45) is 1.90. The van der Waals surface area contributed by atoms with Crippen LogP contribution in [0.1, 0.15) is 52.7 Å². The molecule has 0 saturated heterocycles. The molecule has 0 saturated carbocycles. The summed E-state index contributed by atoms with van der Waals surface area (Å²) in [6, 6.07) is 67.4. The Hall–Kier alpha value is -6.87. The minimum Gasteiger partial charge on any atom is -0.507 e. The third-order valence-electron chi connectivity index (χ3n) is 12.3. The van der Waals surface area contributed by atoms with Gasteiger partial charge in [0.15, 0.2) is 0 Å². The topological polar surface area (TPSA) is 50.9 Å². The summed E-state index contributed by atoms with van der Waals surface area (Å²) in [5.41, 5.74) is 17.2. The second-order valence-electron chi connectivity index (χ2n) is 18.8. The third kappa shape index (κ3) is 8.36. The number of phenolic OH excluding ortho intramolecular Hbond substituents is 1. The van der Waals surface area contributed by atoms with Crippen LogP contribution in [-0.2, 0) is 31.9 Å². The number of para-hydroxylation sites is 4. The number of pyridine rings is 2. The number of hydrogen-bond donors (Lipinski definition) is 1. The summed E-state index contributed by atoms with van der Waals surface area (Å²) in [5, 5.41) is 13.5. The van der Waals surface area contributed by atoms with Crippen LogP contribution in [0.4, 0.5) is 0 Å². The molecule has 5 heteroatoms. The van der Waals surface area contributed by atoms with E-state index in [1.807, 2.05) is 24.4 Å². The average molecular weight is 1020 g/mol. The molecular weight excluding hydrogens is 974 g/mol. The maximum atomic E-state index is 11.1. The van der Waals surface area contributed by atoms with Crippen molar-refractivity contribution in [2.45, 2.75) is 52.4 Å². The van der Waals surface area contributed by atoms with Crippen LogP contribution >= 0.6 is 0 Å². The van der Waals surface area contributed by atoms with Gasteiger partial charge in [0.05, 0.1) is 22.4 Å². The molecule has 1 N–H and O–H groups in total. The summed E-state index contributed by atoms with van der Waals surface area (Å²) >= 11 is 0. The van der Waals surface area contributed by atoms with Gasteiger partial charge in [-0.1, -0.05) is 180 Å². The van der Waals surface area contributed by atoms with Gasteiger partial charge in [-0.25, -0.2) is 0 Å². The molecule has 10 rings (SSSR count). The van der Waals surface area contributed by atoms with Crippen molar-refractivity contribution in [2.24, 2.45) is 0 Å². The molecule has 0 radical (unpaired) electrons. The van der Waals surface area contributed by atoms with Crippen LogP contribution in [0.15, 0.2) is 188 Å². The minimum absolute atomic E-state index is 0. The molecule has 0 aliphatic rings. The van der Waals surface area contributed by atoms with E-state index >= 15 is 0 Å². The number of aromatic nitrogens is 3. The number of benzene rings is 7. The van der Waals surface area contributed by atoms with E-state index in [2.05, 4.69) is 210 Å². The van der Waals surface area contributed by atoms with E-state index in [0.717, 1.165) is 61.5 Å². The fraction of sp³-hybridized carbons (Fsp3) is 0.133. The number of nitrogens with zero attached hydrogens (tertiary/aromatic N) is 3. The van der Waals surface area contributed by atoms with Gasteiger partial charge in [-0.2, -0.15) is 0 Å². The van der Waals surface area contributed by atoms with Crippen molar-refractivity contribution in [3.63, 3.8) is 0 Å². The van der Waals surface area contributed by atoms with E-state index < -0.39 is 0 Å². The van der Waals surface area contributed by atoms with Gasteiger partial charge in [0.25, 0.3) is 0 Å². The van der Waals surface area contributed by atoms with Gasteiger partial charge in [0.2, 0.25) is 0 Å². The second kappa shape index (κ2) is 17.3. The molecule has 0 fully saturated rings. The van der Waals surface area contributed by atoms with Crippen LogP contribution in [0.2, 0.25) is 0 Å². The van der Waals surface area contributed by atoms with E-state index in [1.165, 1.54) is 33.0 Å². The Morgan fingerprint density at radius 1 is 0.462 bits per heavy atom. The van der Waals surface area contributed by atoms with Crippen molar-refractivity contribution in [1.82, 2.24) is 14.5 Å². The first-order chi connectivity index (χ1) is 30.9. The smallest absolute Gasteiger partial charge is 0.124 e. The predicted molar refractivity (Wildman–Crippen MR) is 267 cm³/mol. The van der Waals surface area contributed by atoms with Crippen molar-refractivity contribution in [3.05, 3.63) is 205 Å². The van der Waals surface area contributed by atoms with Crippen LogP contribution in [0.5, 0.6) is 5.75 Å². The van der Waals surface area contributed by atoms with Gasteiger partial charge in [0.1, 0.15) is 5.75 Å². The van der Waals surface area contributed by atoms with Crippen LogP contribution in [0, 0.1) is 6.07 Å². The molecule has 0 aliphatic carbocycles. The summed E-state index contributed by atoms with van der Waals surface area (Å²) in [7, 11) is 0. The van der Waals surface area contributed by atoms with Gasteiger partial charge in [-0.05, 0) is 80.6 Å². The first-order valence-corrected chi connectivity index (χ1v) is 22.0. The Morgan fingerprint density at radius 2 is 1.03 bits per heavy atom. The molecule has 7 aromatic carbocycles. The number of rotatable bonds is 7. The van der Waals surface area contributed by atoms with Crippen LogP contribution < -0.4 is 0 Å². The Bertz CT molecular complexity index is 3340. The second-order valence-corrected chi connectivity index (χ2v) is 18.8. The zero-order valence-electron chi connectivity index (χ0n) is 37.5. The Balaban J connectivity index is 0.00000533. The summed E-state index contributed by atoms with van der Waals surface area (Å²) in [4.78, 5) is 10.2. The van der Waals surface area contributed by atoms with E-state index in [1.54, 1.807) is 6.07 Å². The minimum atomic E-state index is -0.0508. The Kier molecular flexibility index (Phi) is 11.5. The molecule has 3 aromatic heterocycles. The fourth-order valence-electron chi connectivity index (χ4n) is 8.87. The normalized spacial score (nSPS) is 11.8. The van der Waals surface area contributed by atoms with Gasteiger partial charge in [-0.15, -0.1) is 24.3 Å². The average Bonchev–Trinajstić information content (AvgIpc) is 3.66. The van der Waals surface area contributed by atoms with E-state index in [0.29, 0.717) is 11.3 Å². The molecular formula is C60H50N3OPt-. The van der Waals surface area contributed by atoms with Crippen LogP contribution in [0.25, 0.3) is 94.6 Å². The molecule has 0 aliphatic heterocycles. The van der Waals surface area contributed by atoms with E-state index in [4.69, 9.17) is 9.97 Å². The fourth-order valence-corrected chi connectivity index (χ4v) is 8.87. The number of fused-ring (bicyclic) bond motifs is 3. The number of phenols is 1. The van der Waals surface area contributed by atoms with Crippen molar-refractivity contribution >= 4 is 21.8 Å². The number of aromatic hydroxyl groups is 1. The monoisotopic (exact) mass is 1020 g/mol. The SMILES string of the molecule is CC(C)(C)c1cc(-c2cc(-c3[c-]c(-c4cc(-c5cccc6c7ccccc7n(-c7ccccc7-c7ccccc7)c56)ccn4)ccc3)nc(-c3ccccc3O)c2)cc(C(C)(C)C)c1.[Pt]. The van der Waals surface area contributed by atoms with Gasteiger partial charge in [0, 0.05) is 66.1 Å². The standard InChI is InChI=1S/C60H50N3O.Pt/c1-59(2,3)45-33-43(34-46(38-45)60(4,5)6)44-36-53(62-54(37-44)51-24-12-15-29-57(51)64)42-21-16-20-41(32-42)52-35-40(30-31-61-52)48-25-17-26-50-49-23-11-14-28-56(49)63(58(48)50)55-27-13-10-22-47(55)39-18-8-7-9-19-39;/h7-31,33-38,64H,1-6H3;/q-1;. The molecule has 4 nitrogen and oxygen atoms in total. The van der Waals surface area contributed by atoms with Gasteiger partial charge in [-0.3, -0.25) is 9.97 Å². The van der Waals surface area contributed by atoms with Crippen LogP contribution in [-0.4, -0.2) is 19.6 Å². The van der Waals surface area contributed by atoms with Crippen molar-refractivity contribution in [1.29, 1.82) is 0 Å². The van der Waals surface area contributed by atoms with Gasteiger partial charge >= 0.3 is 0 Å². The van der Waals surface area contributed by atoms with E-state index in [9.17, 15) is 5.11 Å². The largest absolute Gasteiger partial charge is 0.507 e. The maximum absolute atomic E-state index is 11.1. The van der Waals surface area contributed by atoms with Crippen LogP contribution in [0.3, 0.4) is 0 Å². The maximum Gasteiger partial charge on any atom is 0.124 e. The van der Waals surface area contributed by atoms with Crippen molar-refractivity contribution in [3.8, 4) is 78.6 Å². The molecule has 10 aromatic rings. The predicted octanol–water partition coefficient (Wildman–Crippen LogP) is 15.7. The molecule has 65 heavy (non-hydrogen) atoms. The van der Waals surface area contributed by atoms with Crippen molar-refractivity contribution in [2.75, 3.05) is 0 Å². The first-order valence-electron chi connectivity index (χ1n) is 22.0. The Labute approximate surface area is 396 Å². The summed E-state index contributed by atoms with van der Waals surface area (Å²) in [6.45, 7) is 13.6. The number of hydrogen-bond acceptors (Lipinski definition) is 3. The third-order valence-corrected chi connectivity index (χ3v) is 12.3. The molecule has 0 amide bonds. The van der Waals surface area contributed by atoms with Gasteiger partial charge < -0.3 is 9.67 Å². The summed E-state index contributed by atoms with van der Waals surface area (Å²) in [5.74, 6) is 0.188. The molecule has 322 valence electrons. The molecule has 3 heterocycles. The molecule has 0 unspecified atom stereocenters. The van der Waals surface area contributed by atoms with Crippen molar-refractivity contribution < 1.29 is 26.2 Å². The molecule has 0 atom stereocenters. The summed E-state index contributed by atoms with van der Waals surface area (Å²) < 4.78 is 2.43. The Morgan fingerprint density at radius 3 is 1.77 bits per heavy atom. The first kappa shape index (κ1) is 43.4. The molecule has 0 spiro atoms. The molecule has 0 bridgehead atoms. The zero-order valence-corrected chi connectivity index (χ0v) is 39.8.